The monoisotopic (exact) mass is 671 g/mol. The number of aromatic amines is 2. The van der Waals surface area contributed by atoms with Crippen LogP contribution in [0.25, 0.3) is 0 Å². The van der Waals surface area contributed by atoms with E-state index in [0.29, 0.717) is 19.6 Å². The van der Waals surface area contributed by atoms with Gasteiger partial charge in [0.2, 0.25) is 12.2 Å². The maximum Gasteiger partial charge on any atom is 0.449 e. The van der Waals surface area contributed by atoms with E-state index < -0.39 is 75.1 Å². The normalized spacial score (nSPS) is 27.3. The first-order chi connectivity index (χ1) is 21.8. The number of aromatic nitrogens is 4. The Hall–Kier alpha value is -3.10. The molecular weight excluding hydrogens is 631 g/mol. The summed E-state index contributed by atoms with van der Waals surface area (Å²) in [5.41, 5.74) is 4.22. The molecule has 0 amide bonds. The molecular formula is C26H40N8O11P+2. The molecule has 2 fully saturated rings. The Kier molecular flexibility index (Phi) is 10.1. The number of aliphatic hydroxyl groups excluding tert-OH is 2. The van der Waals surface area contributed by atoms with Crippen molar-refractivity contribution in [3.63, 3.8) is 0 Å². The number of quaternary nitrogens is 1. The summed E-state index contributed by atoms with van der Waals surface area (Å²) in [6.45, 7) is 7.35. The number of ether oxygens (including phenoxy) is 2. The lowest BCUT2D eigenvalue weighted by molar-refractivity contribution is -1.08. The number of nitrogens with one attached hydrogen (secondary N) is 2. The number of rotatable bonds is 13. The van der Waals surface area contributed by atoms with Crippen LogP contribution in [0.3, 0.4) is 0 Å². The highest BCUT2D eigenvalue weighted by atomic mass is 31.2. The van der Waals surface area contributed by atoms with Crippen LogP contribution in [0.2, 0.25) is 0 Å². The fourth-order valence-corrected chi connectivity index (χ4v) is 7.40. The second-order valence-corrected chi connectivity index (χ2v) is 12.7. The zero-order valence-corrected chi connectivity index (χ0v) is 26.8. The van der Waals surface area contributed by atoms with Gasteiger partial charge in [0.1, 0.15) is 50.8 Å². The first kappa shape index (κ1) is 34.2. The number of anilines is 2. The summed E-state index contributed by atoms with van der Waals surface area (Å²) in [5.74, 6) is 0.0491. The third-order valence-corrected chi connectivity index (χ3v) is 9.99. The summed E-state index contributed by atoms with van der Waals surface area (Å²) in [7, 11) is -4.50. The maximum atomic E-state index is 14.4. The summed E-state index contributed by atoms with van der Waals surface area (Å²) in [6.07, 6.45) is -3.21. The van der Waals surface area contributed by atoms with Crippen molar-refractivity contribution in [2.75, 3.05) is 43.5 Å². The number of nitrogens with two attached hydrogens (primary N) is 1. The maximum absolute atomic E-state index is 14.4. The molecule has 3 aliphatic rings. The van der Waals surface area contributed by atoms with E-state index >= 15 is 0 Å². The fraction of sp³-hybridized carbons (Fsp3) is 0.654. The van der Waals surface area contributed by atoms with Crippen molar-refractivity contribution in [1.29, 1.82) is 0 Å². The highest BCUT2D eigenvalue weighted by Crippen LogP contribution is 2.59. The van der Waals surface area contributed by atoms with Gasteiger partial charge in [-0.2, -0.15) is 18.9 Å². The van der Waals surface area contributed by atoms with Crippen LogP contribution in [-0.2, 0) is 23.1 Å². The number of aliphatic hydroxyl groups is 2. The van der Waals surface area contributed by atoms with Crippen molar-refractivity contribution >= 4 is 32.0 Å². The molecule has 2 aromatic rings. The van der Waals surface area contributed by atoms with Gasteiger partial charge in [-0.25, -0.2) is 4.79 Å². The first-order valence-corrected chi connectivity index (χ1v) is 16.4. The highest BCUT2D eigenvalue weighted by Gasteiger charge is 2.53. The quantitative estimate of drug-likeness (QED) is 0.0880. The average Bonchev–Trinajstić information content (AvgIpc) is 3.73. The molecule has 46 heavy (non-hydrogen) atoms. The smallest absolute Gasteiger partial charge is 0.449 e. The molecule has 1 radical (unpaired) electrons. The third-order valence-electron chi connectivity index (χ3n) is 8.45. The van der Waals surface area contributed by atoms with Crippen molar-refractivity contribution in [2.45, 2.75) is 77.4 Å². The number of H-pyrrole nitrogens is 2. The van der Waals surface area contributed by atoms with Gasteiger partial charge in [-0.1, -0.05) is 0 Å². The van der Waals surface area contributed by atoms with Crippen LogP contribution in [-0.4, -0.2) is 104 Å². The minimum Gasteiger partial charge on any atom is -0.601 e. The Morgan fingerprint density at radius 1 is 1.13 bits per heavy atom. The summed E-state index contributed by atoms with van der Waals surface area (Å²) >= 11 is 0. The van der Waals surface area contributed by atoms with E-state index in [2.05, 4.69) is 19.9 Å². The van der Waals surface area contributed by atoms with E-state index in [-0.39, 0.29) is 40.5 Å². The lowest BCUT2D eigenvalue weighted by atomic mass is 10.2. The van der Waals surface area contributed by atoms with E-state index in [4.69, 9.17) is 28.9 Å². The summed E-state index contributed by atoms with van der Waals surface area (Å²) in [5, 5.41) is 20.9. The second kappa shape index (κ2) is 13.6. The van der Waals surface area contributed by atoms with Crippen LogP contribution >= 0.6 is 8.17 Å². The van der Waals surface area contributed by atoms with Crippen molar-refractivity contribution < 1.29 is 42.9 Å². The molecule has 0 spiro atoms. The van der Waals surface area contributed by atoms with E-state index in [1.807, 2.05) is 20.8 Å². The molecule has 0 aromatic carbocycles. The molecule has 19 nitrogen and oxygen atoms in total. The fourth-order valence-electron chi connectivity index (χ4n) is 5.60. The molecule has 253 valence electrons. The molecule has 5 rings (SSSR count). The number of nitrogen functional groups attached to an aromatic ring is 1. The van der Waals surface area contributed by atoms with E-state index in [9.17, 15) is 29.5 Å². The predicted octanol–water partition coefficient (Wildman–Crippen LogP) is -1.97. The van der Waals surface area contributed by atoms with E-state index in [1.54, 1.807) is 0 Å². The highest BCUT2D eigenvalue weighted by molar-refractivity contribution is 7.53. The number of hydrogen-bond acceptors (Lipinski definition) is 15. The first-order valence-electron chi connectivity index (χ1n) is 15.0. The van der Waals surface area contributed by atoms with E-state index in [0.717, 1.165) is 0 Å². The number of aliphatic imine (C=N–C) groups is 1. The molecule has 3 aliphatic heterocycles. The molecule has 0 saturated carbocycles. The molecule has 20 heteroatoms. The Bertz CT molecular complexity index is 1610. The zero-order valence-electron chi connectivity index (χ0n) is 25.9. The topological polar surface area (TPSA) is 254 Å². The van der Waals surface area contributed by atoms with Crippen LogP contribution in [0.5, 0.6) is 0 Å². The lowest BCUT2D eigenvalue weighted by Gasteiger charge is -2.36. The van der Waals surface area contributed by atoms with Gasteiger partial charge in [-0.3, -0.25) is 24.1 Å². The number of phosphoric ester groups is 1. The number of hydrogen-bond donors (Lipinski definition) is 5. The molecule has 5 heterocycles. The standard InChI is InChI=1S/C26H39N8O11P/c1-5-34(6-2,7-3)45-46(40,44-16-9-20(42-17(16)11-35)32-10-14(4)23(37)31-26(32)39)41-12-18-15(36)8-19(43-18)33-13-28-21-22(33)29-25(27)30-24(21)38/h10,13,15-20,35-36H,5-9,11-12H2,1-4H3,(H3-,27,29,30,31,37,38,39)/q+1/p+1/t15-,16-,17+,18+,19+,20+,46?/m0/s1. The van der Waals surface area contributed by atoms with Crippen LogP contribution in [0.1, 0.15) is 45.4 Å². The van der Waals surface area contributed by atoms with Gasteiger partial charge in [0.15, 0.2) is 0 Å². The van der Waals surface area contributed by atoms with Crippen molar-refractivity contribution in [3.8, 4) is 0 Å². The van der Waals surface area contributed by atoms with Crippen molar-refractivity contribution in [3.05, 3.63) is 43.0 Å². The number of fused-ring (bicyclic) bond motifs is 1. The Labute approximate surface area is 263 Å². The van der Waals surface area contributed by atoms with Gasteiger partial charge in [0, 0.05) is 29.2 Å². The minimum atomic E-state index is -4.50. The van der Waals surface area contributed by atoms with Crippen LogP contribution < -0.4 is 37.3 Å². The zero-order chi connectivity index (χ0) is 33.4. The number of aryl methyl sites for hydroxylation is 1. The van der Waals surface area contributed by atoms with Crippen LogP contribution in [0, 0.1) is 6.92 Å². The molecule has 2 aromatic heterocycles. The summed E-state index contributed by atoms with van der Waals surface area (Å²) in [6, 6.07) is 0. The molecule has 7 atom stereocenters. The van der Waals surface area contributed by atoms with E-state index in [1.165, 1.54) is 28.9 Å². The van der Waals surface area contributed by atoms with Gasteiger partial charge >= 0.3 is 25.1 Å². The average molecular weight is 672 g/mol. The molecule has 0 bridgehead atoms. The number of phosphoric acid groups is 1. The van der Waals surface area contributed by atoms with Crippen molar-refractivity contribution in [2.24, 2.45) is 0 Å². The Balaban J connectivity index is 1.34. The largest absolute Gasteiger partial charge is 0.601 e. The number of nitrogens with zero attached hydrogens (tertiary/aromatic N) is 5. The predicted molar refractivity (Wildman–Crippen MR) is 161 cm³/mol. The molecule has 6 N–H and O–H groups in total. The minimum absolute atomic E-state index is 0.0364. The van der Waals surface area contributed by atoms with Gasteiger partial charge in [-0.05, 0) is 32.7 Å². The van der Waals surface area contributed by atoms with Gasteiger partial charge in [0.25, 0.3) is 17.7 Å². The summed E-state index contributed by atoms with van der Waals surface area (Å²) < 4.78 is 30.9. The lowest BCUT2D eigenvalue weighted by Crippen LogP contribution is -2.49. The third kappa shape index (κ3) is 6.79. The second-order valence-electron chi connectivity index (χ2n) is 11.2. The Morgan fingerprint density at radius 3 is 2.50 bits per heavy atom. The molecule has 0 aliphatic carbocycles. The Morgan fingerprint density at radius 2 is 1.83 bits per heavy atom. The van der Waals surface area contributed by atoms with Crippen LogP contribution in [0.15, 0.2) is 20.6 Å². The number of hydroxylamine groups is 3. The SMILES string of the molecule is CC[N+](CC)(CC)O[P+]([O-])(OC[C@H]1O[C@@H](N2C=[N+]c3c2nc(N)[nH]c3=O)C[C@@H]1O)O[C@H]1C[C@H](n2cc(C)c(=O)[nH]c2=O)O[C@@H]1CO. The summed E-state index contributed by atoms with van der Waals surface area (Å²) in [4.78, 5) is 65.3. The molecule has 1 unspecified atom stereocenters. The van der Waals surface area contributed by atoms with Gasteiger partial charge < -0.3 is 30.3 Å². The van der Waals surface area contributed by atoms with Crippen molar-refractivity contribution in [1.82, 2.24) is 24.5 Å². The molecule has 2 saturated heterocycles. The van der Waals surface area contributed by atoms with Gasteiger partial charge in [-0.15, -0.1) is 4.65 Å². The van der Waals surface area contributed by atoms with Crippen LogP contribution in [0.4, 0.5) is 17.5 Å². The van der Waals surface area contributed by atoms with Gasteiger partial charge in [0.05, 0.1) is 12.7 Å².